The van der Waals surface area contributed by atoms with E-state index in [1.165, 1.54) is 33.7 Å². The van der Waals surface area contributed by atoms with Crippen molar-refractivity contribution in [2.24, 2.45) is 0 Å². The summed E-state index contributed by atoms with van der Waals surface area (Å²) in [6, 6.07) is 6.81. The first-order valence-electron chi connectivity index (χ1n) is 11.9. The average Bonchev–Trinajstić information content (AvgIpc) is 3.17. The lowest BCUT2D eigenvalue weighted by Crippen LogP contribution is -2.30. The quantitative estimate of drug-likeness (QED) is 0.554. The number of carbonyl (C=O) groups excluding carboxylic acids is 2. The summed E-state index contributed by atoms with van der Waals surface area (Å²) in [5.74, 6) is -1.20. The van der Waals surface area contributed by atoms with Gasteiger partial charge in [0.1, 0.15) is 34.5 Å². The number of rotatable bonds is 5. The summed E-state index contributed by atoms with van der Waals surface area (Å²) >= 11 is 0. The Balaban J connectivity index is 1.69. The zero-order chi connectivity index (χ0) is 28.2. The van der Waals surface area contributed by atoms with Crippen molar-refractivity contribution in [2.75, 3.05) is 0 Å². The van der Waals surface area contributed by atoms with Gasteiger partial charge in [-0.05, 0) is 64.8 Å². The van der Waals surface area contributed by atoms with Gasteiger partial charge in [0.25, 0.3) is 11.1 Å². The van der Waals surface area contributed by atoms with Gasteiger partial charge in [0.2, 0.25) is 0 Å². The minimum Gasteiger partial charge on any atom is -0.451 e. The SMILES string of the molecule is CC1=C(c2ccn(CCn3ccc(C4=C(C)C(C)(C)OC4=O)c(C#N)c3=O)c(=O)c2C#N)C(=O)OC1(C)C. The number of cyclic esters (lactones) is 2. The van der Waals surface area contributed by atoms with Crippen LogP contribution in [0, 0.1) is 22.7 Å². The van der Waals surface area contributed by atoms with Crippen molar-refractivity contribution in [3.8, 4) is 12.1 Å². The molecule has 2 aromatic heterocycles. The molecule has 0 saturated carbocycles. The second-order valence-electron chi connectivity index (χ2n) is 10.2. The van der Waals surface area contributed by atoms with Crippen LogP contribution in [0.3, 0.4) is 0 Å². The zero-order valence-electron chi connectivity index (χ0n) is 22.0. The number of aromatic nitrogens is 2. The molecule has 0 saturated heterocycles. The number of hydrogen-bond acceptors (Lipinski definition) is 8. The number of ether oxygens (including phenoxy) is 2. The minimum atomic E-state index is -0.848. The molecule has 0 amide bonds. The number of nitriles is 2. The molecule has 10 heteroatoms. The second-order valence-corrected chi connectivity index (χ2v) is 10.2. The van der Waals surface area contributed by atoms with Crippen molar-refractivity contribution in [3.63, 3.8) is 0 Å². The summed E-state index contributed by atoms with van der Waals surface area (Å²) < 4.78 is 13.3. The molecule has 0 unspecified atom stereocenters. The predicted octanol–water partition coefficient (Wildman–Crippen LogP) is 2.67. The van der Waals surface area contributed by atoms with E-state index in [2.05, 4.69) is 0 Å². The Labute approximate surface area is 218 Å². The summed E-state index contributed by atoms with van der Waals surface area (Å²) in [5.41, 5.74) is -1.33. The highest BCUT2D eigenvalue weighted by Gasteiger charge is 2.40. The van der Waals surface area contributed by atoms with Crippen LogP contribution in [0.25, 0.3) is 11.1 Å². The molecule has 2 aliphatic rings. The second kappa shape index (κ2) is 9.00. The zero-order valence-corrected chi connectivity index (χ0v) is 22.0. The van der Waals surface area contributed by atoms with Gasteiger partial charge in [-0.25, -0.2) is 9.59 Å². The van der Waals surface area contributed by atoms with Gasteiger partial charge in [0.15, 0.2) is 0 Å². The number of hydrogen-bond donors (Lipinski definition) is 0. The van der Waals surface area contributed by atoms with E-state index in [0.717, 1.165) is 0 Å². The Morgan fingerprint density at radius 3 is 1.32 bits per heavy atom. The highest BCUT2D eigenvalue weighted by Crippen LogP contribution is 2.38. The van der Waals surface area contributed by atoms with Gasteiger partial charge in [-0.1, -0.05) is 0 Å². The molecule has 2 aromatic rings. The smallest absolute Gasteiger partial charge is 0.339 e. The number of aryl methyl sites for hydroxylation is 2. The largest absolute Gasteiger partial charge is 0.451 e. The third-order valence-corrected chi connectivity index (χ3v) is 7.33. The summed E-state index contributed by atoms with van der Waals surface area (Å²) in [7, 11) is 0. The molecule has 0 radical (unpaired) electrons. The number of esters is 2. The van der Waals surface area contributed by atoms with Crippen LogP contribution in [0.2, 0.25) is 0 Å². The van der Waals surface area contributed by atoms with Crippen LogP contribution in [0.4, 0.5) is 0 Å². The van der Waals surface area contributed by atoms with E-state index in [1.807, 2.05) is 12.1 Å². The summed E-state index contributed by atoms with van der Waals surface area (Å²) in [5, 5.41) is 19.5. The Morgan fingerprint density at radius 2 is 1.05 bits per heavy atom. The van der Waals surface area contributed by atoms with Crippen LogP contribution >= 0.6 is 0 Å². The minimum absolute atomic E-state index is 0.0165. The first-order chi connectivity index (χ1) is 17.7. The maximum atomic E-state index is 13.1. The lowest BCUT2D eigenvalue weighted by atomic mass is 9.92. The van der Waals surface area contributed by atoms with Crippen molar-refractivity contribution < 1.29 is 19.1 Å². The molecule has 10 nitrogen and oxygen atoms in total. The molecule has 4 heterocycles. The van der Waals surface area contributed by atoms with Crippen LogP contribution < -0.4 is 11.1 Å². The molecule has 0 aromatic carbocycles. The maximum absolute atomic E-state index is 13.1. The molecule has 38 heavy (non-hydrogen) atoms. The maximum Gasteiger partial charge on any atom is 0.339 e. The van der Waals surface area contributed by atoms with Gasteiger partial charge < -0.3 is 18.6 Å². The fraction of sp³-hybridized carbons (Fsp3) is 0.357. The van der Waals surface area contributed by atoms with Crippen molar-refractivity contribution in [3.05, 3.63) is 78.6 Å². The van der Waals surface area contributed by atoms with Crippen LogP contribution in [-0.4, -0.2) is 32.3 Å². The molecule has 0 atom stereocenters. The number of pyridine rings is 2. The van der Waals surface area contributed by atoms with Crippen LogP contribution in [0.1, 0.15) is 63.8 Å². The van der Waals surface area contributed by atoms with Gasteiger partial charge in [0, 0.05) is 36.6 Å². The van der Waals surface area contributed by atoms with E-state index >= 15 is 0 Å². The van der Waals surface area contributed by atoms with Gasteiger partial charge in [-0.3, -0.25) is 9.59 Å². The van der Waals surface area contributed by atoms with Crippen LogP contribution in [0.5, 0.6) is 0 Å². The Morgan fingerprint density at radius 1 is 0.711 bits per heavy atom. The van der Waals surface area contributed by atoms with Crippen molar-refractivity contribution in [1.82, 2.24) is 9.13 Å². The molecule has 0 spiro atoms. The predicted molar refractivity (Wildman–Crippen MR) is 136 cm³/mol. The first kappa shape index (κ1) is 26.4. The monoisotopic (exact) mass is 514 g/mol. The number of carbonyl (C=O) groups is 2. The normalized spacial score (nSPS) is 17.8. The topological polar surface area (TPSA) is 144 Å². The van der Waals surface area contributed by atoms with E-state index in [-0.39, 0.29) is 46.5 Å². The van der Waals surface area contributed by atoms with Crippen molar-refractivity contribution in [1.29, 1.82) is 10.5 Å². The molecular weight excluding hydrogens is 488 g/mol. The van der Waals surface area contributed by atoms with E-state index in [1.54, 1.807) is 41.5 Å². The fourth-order valence-corrected chi connectivity index (χ4v) is 4.60. The first-order valence-corrected chi connectivity index (χ1v) is 11.9. The number of nitrogens with zero attached hydrogens (tertiary/aromatic N) is 4. The molecule has 0 fully saturated rings. The lowest BCUT2D eigenvalue weighted by Gasteiger charge is -2.18. The Bertz CT molecular complexity index is 1560. The van der Waals surface area contributed by atoms with Gasteiger partial charge in [0.05, 0.1) is 11.1 Å². The van der Waals surface area contributed by atoms with E-state index in [4.69, 9.17) is 9.47 Å². The van der Waals surface area contributed by atoms with Crippen LogP contribution in [-0.2, 0) is 32.2 Å². The van der Waals surface area contributed by atoms with Gasteiger partial charge in [-0.2, -0.15) is 10.5 Å². The Kier molecular flexibility index (Phi) is 6.24. The standard InChI is InChI=1S/C28H26N4O6/c1-15-21(25(35)37-27(15,3)4)17-7-9-31(23(33)19(17)13-29)11-12-32-10-8-18(20(14-30)24(32)34)22-16(2)28(5,6)38-26(22)36/h7-10H,11-12H2,1-6H3. The third-order valence-electron chi connectivity index (χ3n) is 7.33. The summed E-state index contributed by atoms with van der Waals surface area (Å²) in [4.78, 5) is 51.2. The fourth-order valence-electron chi connectivity index (χ4n) is 4.60. The molecule has 194 valence electrons. The Hall–Kier alpha value is -4.70. The lowest BCUT2D eigenvalue weighted by molar-refractivity contribution is -0.143. The summed E-state index contributed by atoms with van der Waals surface area (Å²) in [6.45, 7) is 10.4. The highest BCUT2D eigenvalue weighted by atomic mass is 16.6. The van der Waals surface area contributed by atoms with E-state index < -0.39 is 34.3 Å². The van der Waals surface area contributed by atoms with Crippen molar-refractivity contribution >= 4 is 23.1 Å². The summed E-state index contributed by atoms with van der Waals surface area (Å²) in [6.07, 6.45) is 2.90. The van der Waals surface area contributed by atoms with E-state index in [0.29, 0.717) is 11.1 Å². The molecule has 2 aliphatic heterocycles. The molecule has 0 N–H and O–H groups in total. The van der Waals surface area contributed by atoms with E-state index in [9.17, 15) is 29.7 Å². The molecule has 0 bridgehead atoms. The molecule has 4 rings (SSSR count). The van der Waals surface area contributed by atoms with Gasteiger partial charge in [-0.15, -0.1) is 0 Å². The van der Waals surface area contributed by atoms with Crippen LogP contribution in [0.15, 0.2) is 45.3 Å². The molecule has 0 aliphatic carbocycles. The average molecular weight is 515 g/mol. The highest BCUT2D eigenvalue weighted by molar-refractivity contribution is 6.21. The van der Waals surface area contributed by atoms with Gasteiger partial charge >= 0.3 is 11.9 Å². The van der Waals surface area contributed by atoms with Crippen molar-refractivity contribution in [2.45, 2.75) is 65.8 Å². The third kappa shape index (κ3) is 4.04. The molecular formula is C28H26N4O6.